The summed E-state index contributed by atoms with van der Waals surface area (Å²) in [5.74, 6) is 3.29. The van der Waals surface area contributed by atoms with E-state index in [-0.39, 0.29) is 0 Å². The van der Waals surface area contributed by atoms with Crippen molar-refractivity contribution >= 4 is 5.96 Å². The van der Waals surface area contributed by atoms with Gasteiger partial charge in [-0.25, -0.2) is 4.99 Å². The van der Waals surface area contributed by atoms with Crippen LogP contribution >= 0.6 is 0 Å². The van der Waals surface area contributed by atoms with Gasteiger partial charge in [0.15, 0.2) is 17.5 Å². The summed E-state index contributed by atoms with van der Waals surface area (Å²) in [6, 6.07) is 11.7. The van der Waals surface area contributed by atoms with E-state index >= 15 is 0 Å². The monoisotopic (exact) mass is 413 g/mol. The number of hydrogen-bond acceptors (Lipinski definition) is 5. The molecule has 0 aliphatic heterocycles. The second-order valence-corrected chi connectivity index (χ2v) is 6.25. The highest BCUT2D eigenvalue weighted by molar-refractivity contribution is 5.79. The van der Waals surface area contributed by atoms with Crippen molar-refractivity contribution in [2.45, 2.75) is 20.0 Å². The van der Waals surface area contributed by atoms with Gasteiger partial charge in [0, 0.05) is 24.2 Å². The predicted molar refractivity (Wildman–Crippen MR) is 120 cm³/mol. The van der Waals surface area contributed by atoms with E-state index in [1.54, 1.807) is 27.4 Å². The first-order valence-electron chi connectivity index (χ1n) is 9.80. The smallest absolute Gasteiger partial charge is 0.203 e. The Labute approximate surface area is 178 Å². The van der Waals surface area contributed by atoms with E-state index in [2.05, 4.69) is 17.2 Å². The minimum atomic E-state index is 0.410. The molecule has 0 heterocycles. The van der Waals surface area contributed by atoms with E-state index in [0.717, 1.165) is 23.4 Å². The highest BCUT2D eigenvalue weighted by Gasteiger charge is 2.15. The molecular formula is C23H31N3O4. The van der Waals surface area contributed by atoms with E-state index in [0.29, 0.717) is 42.9 Å². The zero-order chi connectivity index (χ0) is 21.8. The van der Waals surface area contributed by atoms with Gasteiger partial charge in [0.05, 0.1) is 27.9 Å². The van der Waals surface area contributed by atoms with E-state index in [1.807, 2.05) is 43.3 Å². The van der Waals surface area contributed by atoms with Gasteiger partial charge in [0.25, 0.3) is 0 Å². The van der Waals surface area contributed by atoms with Crippen molar-refractivity contribution < 1.29 is 18.9 Å². The topological polar surface area (TPSA) is 73.3 Å². The second-order valence-electron chi connectivity index (χ2n) is 6.25. The normalized spacial score (nSPS) is 10.9. The zero-order valence-electron chi connectivity index (χ0n) is 18.2. The number of para-hydroxylation sites is 1. The predicted octanol–water partition coefficient (Wildman–Crippen LogP) is 3.53. The average Bonchev–Trinajstić information content (AvgIpc) is 2.79. The molecule has 0 saturated heterocycles. The molecule has 0 fully saturated rings. The van der Waals surface area contributed by atoms with Gasteiger partial charge in [-0.2, -0.15) is 0 Å². The van der Waals surface area contributed by atoms with Crippen LogP contribution in [0.2, 0.25) is 0 Å². The van der Waals surface area contributed by atoms with Crippen molar-refractivity contribution in [1.82, 2.24) is 10.6 Å². The Bertz CT molecular complexity index is 852. The first-order valence-corrected chi connectivity index (χ1v) is 9.80. The van der Waals surface area contributed by atoms with Crippen LogP contribution in [-0.2, 0) is 13.1 Å². The molecule has 0 atom stereocenters. The van der Waals surface area contributed by atoms with Crippen LogP contribution in [0.25, 0.3) is 0 Å². The average molecular weight is 414 g/mol. The van der Waals surface area contributed by atoms with Crippen LogP contribution in [0.4, 0.5) is 0 Å². The van der Waals surface area contributed by atoms with Crippen molar-refractivity contribution in [2.24, 2.45) is 4.99 Å². The van der Waals surface area contributed by atoms with Crippen LogP contribution in [0.1, 0.15) is 18.1 Å². The molecule has 2 rings (SSSR count). The summed E-state index contributed by atoms with van der Waals surface area (Å²) in [6.07, 6.45) is 1.73. The Hall–Kier alpha value is -3.35. The summed E-state index contributed by atoms with van der Waals surface area (Å²) in [4.78, 5) is 4.69. The number of rotatable bonds is 11. The molecule has 0 saturated carbocycles. The number of benzene rings is 2. The number of nitrogens with one attached hydrogen (secondary N) is 2. The number of aliphatic imine (C=N–C) groups is 1. The quantitative estimate of drug-likeness (QED) is 0.334. The van der Waals surface area contributed by atoms with Crippen LogP contribution in [0, 0.1) is 0 Å². The van der Waals surface area contributed by atoms with Crippen LogP contribution < -0.4 is 29.6 Å². The molecule has 30 heavy (non-hydrogen) atoms. The van der Waals surface area contributed by atoms with Crippen molar-refractivity contribution in [3.05, 3.63) is 60.2 Å². The number of ether oxygens (including phenoxy) is 4. The van der Waals surface area contributed by atoms with Crippen molar-refractivity contribution in [1.29, 1.82) is 0 Å². The molecule has 0 aromatic heterocycles. The summed E-state index contributed by atoms with van der Waals surface area (Å²) in [6.45, 7) is 7.90. The van der Waals surface area contributed by atoms with Crippen LogP contribution in [0.3, 0.4) is 0 Å². The van der Waals surface area contributed by atoms with Crippen LogP contribution in [0.15, 0.2) is 54.0 Å². The van der Waals surface area contributed by atoms with Gasteiger partial charge in [0.1, 0.15) is 12.4 Å². The summed E-state index contributed by atoms with van der Waals surface area (Å²) < 4.78 is 22.1. The first kappa shape index (κ1) is 22.9. The molecule has 0 unspecified atom stereocenters. The summed E-state index contributed by atoms with van der Waals surface area (Å²) in [5.41, 5.74) is 1.93. The third-order valence-corrected chi connectivity index (χ3v) is 4.31. The minimum Gasteiger partial charge on any atom is -0.493 e. The lowest BCUT2D eigenvalue weighted by Crippen LogP contribution is -2.36. The Kier molecular flexibility index (Phi) is 9.37. The number of nitrogens with zero attached hydrogens (tertiary/aromatic N) is 1. The lowest BCUT2D eigenvalue weighted by molar-refractivity contribution is 0.322. The molecule has 0 bridgehead atoms. The summed E-state index contributed by atoms with van der Waals surface area (Å²) in [7, 11) is 4.79. The fourth-order valence-corrected chi connectivity index (χ4v) is 2.91. The van der Waals surface area contributed by atoms with Gasteiger partial charge in [0.2, 0.25) is 5.75 Å². The maximum atomic E-state index is 5.72. The van der Waals surface area contributed by atoms with Gasteiger partial charge in [-0.15, -0.1) is 0 Å². The first-order chi connectivity index (χ1) is 14.7. The third kappa shape index (κ3) is 6.07. The zero-order valence-corrected chi connectivity index (χ0v) is 18.2. The van der Waals surface area contributed by atoms with Gasteiger partial charge in [-0.3, -0.25) is 0 Å². The Morgan fingerprint density at radius 3 is 2.37 bits per heavy atom. The molecule has 2 N–H and O–H groups in total. The van der Waals surface area contributed by atoms with Gasteiger partial charge < -0.3 is 29.6 Å². The maximum absolute atomic E-state index is 5.72. The summed E-state index contributed by atoms with van der Waals surface area (Å²) >= 11 is 0. The van der Waals surface area contributed by atoms with E-state index in [1.165, 1.54) is 0 Å². The highest BCUT2D eigenvalue weighted by Crippen LogP contribution is 2.39. The van der Waals surface area contributed by atoms with Crippen molar-refractivity contribution in [3.63, 3.8) is 0 Å². The second kappa shape index (κ2) is 12.3. The lowest BCUT2D eigenvalue weighted by atomic mass is 10.1. The van der Waals surface area contributed by atoms with Gasteiger partial charge in [-0.05, 0) is 25.1 Å². The minimum absolute atomic E-state index is 0.410. The highest BCUT2D eigenvalue weighted by atomic mass is 16.5. The van der Waals surface area contributed by atoms with E-state index in [4.69, 9.17) is 23.9 Å². The fraction of sp³-hybridized carbons (Fsp3) is 0.348. The molecule has 0 spiro atoms. The van der Waals surface area contributed by atoms with Crippen LogP contribution in [-0.4, -0.2) is 40.4 Å². The van der Waals surface area contributed by atoms with E-state index in [9.17, 15) is 0 Å². The molecule has 7 nitrogen and oxygen atoms in total. The summed E-state index contributed by atoms with van der Waals surface area (Å²) in [5, 5.41) is 6.61. The lowest BCUT2D eigenvalue weighted by Gasteiger charge is -2.16. The number of guanidine groups is 1. The Morgan fingerprint density at radius 1 is 0.933 bits per heavy atom. The Balaban J connectivity index is 2.17. The van der Waals surface area contributed by atoms with Crippen LogP contribution in [0.5, 0.6) is 23.0 Å². The molecule has 2 aromatic carbocycles. The molecule has 0 aliphatic carbocycles. The largest absolute Gasteiger partial charge is 0.493 e. The number of methoxy groups -OCH3 is 3. The SMILES string of the molecule is C=CCOc1ccccc1CNC(=NCc1ccc(OC)c(OC)c1OC)NCC. The van der Waals surface area contributed by atoms with Gasteiger partial charge in [-0.1, -0.05) is 30.9 Å². The molecule has 7 heteroatoms. The fourth-order valence-electron chi connectivity index (χ4n) is 2.91. The van der Waals surface area contributed by atoms with Crippen molar-refractivity contribution in [2.75, 3.05) is 34.5 Å². The van der Waals surface area contributed by atoms with Crippen molar-refractivity contribution in [3.8, 4) is 23.0 Å². The van der Waals surface area contributed by atoms with Gasteiger partial charge >= 0.3 is 0 Å². The molecule has 0 radical (unpaired) electrons. The molecule has 0 amide bonds. The molecular weight excluding hydrogens is 382 g/mol. The standard InChI is InChI=1S/C23H31N3O4/c1-6-14-30-19-11-9-8-10-17(19)15-25-23(24-7-2)26-16-18-12-13-20(27-3)22(29-5)21(18)28-4/h6,8-13H,1,7,14-16H2,2-5H3,(H2,24,25,26). The molecule has 2 aromatic rings. The Morgan fingerprint density at radius 2 is 1.70 bits per heavy atom. The third-order valence-electron chi connectivity index (χ3n) is 4.31. The maximum Gasteiger partial charge on any atom is 0.203 e. The molecule has 162 valence electrons. The molecule has 0 aliphatic rings. The number of hydrogen-bond donors (Lipinski definition) is 2. The van der Waals surface area contributed by atoms with E-state index < -0.39 is 0 Å².